The van der Waals surface area contributed by atoms with E-state index >= 15 is 0 Å². The van der Waals surface area contributed by atoms with Gasteiger partial charge >= 0.3 is 6.09 Å². The van der Waals surface area contributed by atoms with Gasteiger partial charge in [0.25, 0.3) is 0 Å². The Bertz CT molecular complexity index is 379. The van der Waals surface area contributed by atoms with E-state index in [1.807, 2.05) is 11.4 Å². The summed E-state index contributed by atoms with van der Waals surface area (Å²) >= 11 is 0. The number of hydrogen-bond donors (Lipinski definition) is 2. The molecule has 1 aromatic carbocycles. The van der Waals surface area contributed by atoms with E-state index in [1.165, 1.54) is 0 Å². The van der Waals surface area contributed by atoms with Gasteiger partial charge in [0.05, 0.1) is 18.6 Å². The van der Waals surface area contributed by atoms with Crippen molar-refractivity contribution in [2.75, 3.05) is 6.61 Å². The Balaban J connectivity index is 2.37. The van der Waals surface area contributed by atoms with E-state index < -0.39 is 24.7 Å². The SMILES string of the molecule is O=C(N[C@H](CO)C(=O)[O-])OCc1ccccc1. The molecule has 0 aromatic heterocycles. The first kappa shape index (κ1) is 13.0. The summed E-state index contributed by atoms with van der Waals surface area (Å²) in [7, 11) is 0. The number of carbonyl (C=O) groups excluding carboxylic acids is 2. The van der Waals surface area contributed by atoms with Crippen molar-refractivity contribution < 1.29 is 24.5 Å². The standard InChI is InChI=1S/C11H13NO5/c13-6-9(10(14)15)12-11(16)17-7-8-4-2-1-3-5-8/h1-5,9,13H,6-7H2,(H,12,16)(H,14,15)/p-1/t9-/m1/s1. The molecule has 0 saturated carbocycles. The van der Waals surface area contributed by atoms with Crippen molar-refractivity contribution >= 4 is 12.1 Å². The summed E-state index contributed by atoms with van der Waals surface area (Å²) in [5.74, 6) is -1.57. The van der Waals surface area contributed by atoms with Gasteiger partial charge in [-0.05, 0) is 5.56 Å². The number of hydrogen-bond acceptors (Lipinski definition) is 5. The molecular formula is C11H12NO5-. The maximum absolute atomic E-state index is 11.2. The van der Waals surface area contributed by atoms with Crippen molar-refractivity contribution in [2.24, 2.45) is 0 Å². The summed E-state index contributed by atoms with van der Waals surface area (Å²) in [4.78, 5) is 21.6. The maximum atomic E-state index is 11.2. The number of rotatable bonds is 5. The highest BCUT2D eigenvalue weighted by atomic mass is 16.5. The van der Waals surface area contributed by atoms with Gasteiger partial charge in [0.1, 0.15) is 6.61 Å². The lowest BCUT2D eigenvalue weighted by Gasteiger charge is -2.16. The molecule has 0 spiro atoms. The zero-order valence-corrected chi connectivity index (χ0v) is 8.96. The number of ether oxygens (including phenoxy) is 1. The highest BCUT2D eigenvalue weighted by molar-refractivity contribution is 5.78. The topological polar surface area (TPSA) is 98.7 Å². The number of nitrogens with one attached hydrogen (secondary N) is 1. The molecule has 0 radical (unpaired) electrons. The van der Waals surface area contributed by atoms with Crippen LogP contribution >= 0.6 is 0 Å². The Labute approximate surface area is 97.8 Å². The lowest BCUT2D eigenvalue weighted by Crippen LogP contribution is -2.50. The van der Waals surface area contributed by atoms with E-state index in [2.05, 4.69) is 0 Å². The molecule has 17 heavy (non-hydrogen) atoms. The summed E-state index contributed by atoms with van der Waals surface area (Å²) in [5.41, 5.74) is 0.775. The number of aliphatic hydroxyl groups is 1. The molecule has 92 valence electrons. The van der Waals surface area contributed by atoms with Crippen molar-refractivity contribution in [1.29, 1.82) is 0 Å². The number of alkyl carbamates (subject to hydrolysis) is 1. The van der Waals surface area contributed by atoms with Crippen molar-refractivity contribution in [1.82, 2.24) is 5.32 Å². The van der Waals surface area contributed by atoms with Crippen LogP contribution in [-0.2, 0) is 16.1 Å². The Morgan fingerprint density at radius 1 is 1.35 bits per heavy atom. The Hall–Kier alpha value is -2.08. The van der Waals surface area contributed by atoms with E-state index in [4.69, 9.17) is 9.84 Å². The fraction of sp³-hybridized carbons (Fsp3) is 0.273. The van der Waals surface area contributed by atoms with Crippen LogP contribution in [0.25, 0.3) is 0 Å². The first-order valence-electron chi connectivity index (χ1n) is 4.92. The smallest absolute Gasteiger partial charge is 0.408 e. The molecule has 2 N–H and O–H groups in total. The summed E-state index contributed by atoms with van der Waals surface area (Å²) in [6, 6.07) is 7.45. The fourth-order valence-corrected chi connectivity index (χ4v) is 1.09. The van der Waals surface area contributed by atoms with Gasteiger partial charge in [-0.1, -0.05) is 30.3 Å². The summed E-state index contributed by atoms with van der Waals surface area (Å²) in [6.45, 7) is -0.722. The third-order valence-electron chi connectivity index (χ3n) is 1.97. The first-order chi connectivity index (χ1) is 8.13. The Morgan fingerprint density at radius 3 is 2.53 bits per heavy atom. The predicted molar refractivity (Wildman–Crippen MR) is 55.6 cm³/mol. The van der Waals surface area contributed by atoms with Gasteiger partial charge in [-0.3, -0.25) is 0 Å². The second-order valence-corrected chi connectivity index (χ2v) is 3.26. The third-order valence-corrected chi connectivity index (χ3v) is 1.97. The molecule has 0 aliphatic rings. The number of carbonyl (C=O) groups is 2. The quantitative estimate of drug-likeness (QED) is 0.687. The van der Waals surface area contributed by atoms with E-state index in [1.54, 1.807) is 24.3 Å². The minimum Gasteiger partial charge on any atom is -0.548 e. The molecule has 6 heteroatoms. The summed E-state index contributed by atoms with van der Waals surface area (Å²) < 4.78 is 4.76. The molecule has 0 fully saturated rings. The molecule has 0 aliphatic carbocycles. The highest BCUT2D eigenvalue weighted by Crippen LogP contribution is 2.00. The van der Waals surface area contributed by atoms with Gasteiger partial charge in [0, 0.05) is 0 Å². The summed E-state index contributed by atoms with van der Waals surface area (Å²) in [6.07, 6.45) is -0.919. The molecule has 1 amide bonds. The molecule has 0 saturated heterocycles. The zero-order chi connectivity index (χ0) is 12.7. The van der Waals surface area contributed by atoms with E-state index in [0.717, 1.165) is 5.56 Å². The van der Waals surface area contributed by atoms with Gasteiger partial charge in [0.2, 0.25) is 0 Å². The molecule has 1 atom stereocenters. The lowest BCUT2D eigenvalue weighted by atomic mass is 10.2. The van der Waals surface area contributed by atoms with Crippen molar-refractivity contribution in [2.45, 2.75) is 12.6 Å². The molecule has 1 aromatic rings. The number of aliphatic hydroxyl groups excluding tert-OH is 1. The number of carboxylic acid groups (broad SMARTS) is 1. The highest BCUT2D eigenvalue weighted by Gasteiger charge is 2.12. The van der Waals surface area contributed by atoms with E-state index in [0.29, 0.717) is 0 Å². The van der Waals surface area contributed by atoms with Crippen LogP contribution < -0.4 is 10.4 Å². The predicted octanol–water partition coefficient (Wildman–Crippen LogP) is -0.976. The lowest BCUT2D eigenvalue weighted by molar-refractivity contribution is -0.308. The third kappa shape index (κ3) is 4.52. The van der Waals surface area contributed by atoms with Crippen molar-refractivity contribution in [3.8, 4) is 0 Å². The van der Waals surface area contributed by atoms with Crippen LogP contribution in [0.1, 0.15) is 5.56 Å². The van der Waals surface area contributed by atoms with Gasteiger partial charge in [-0.2, -0.15) is 0 Å². The Morgan fingerprint density at radius 2 is 2.00 bits per heavy atom. The molecular weight excluding hydrogens is 226 g/mol. The fourth-order valence-electron chi connectivity index (χ4n) is 1.09. The van der Waals surface area contributed by atoms with Gasteiger partial charge in [-0.25, -0.2) is 4.79 Å². The van der Waals surface area contributed by atoms with E-state index in [-0.39, 0.29) is 6.61 Å². The maximum Gasteiger partial charge on any atom is 0.408 e. The first-order valence-corrected chi connectivity index (χ1v) is 4.92. The van der Waals surface area contributed by atoms with Crippen LogP contribution in [0.4, 0.5) is 4.79 Å². The van der Waals surface area contributed by atoms with Crippen LogP contribution in [0, 0.1) is 0 Å². The average molecular weight is 238 g/mol. The molecule has 0 heterocycles. The number of carboxylic acids is 1. The normalized spacial score (nSPS) is 11.6. The second-order valence-electron chi connectivity index (χ2n) is 3.26. The van der Waals surface area contributed by atoms with Gasteiger partial charge in [-0.15, -0.1) is 0 Å². The Kier molecular flexibility index (Phi) is 4.96. The number of aliphatic carboxylic acids is 1. The van der Waals surface area contributed by atoms with Crippen molar-refractivity contribution in [3.05, 3.63) is 35.9 Å². The minimum absolute atomic E-state index is 0.0257. The van der Waals surface area contributed by atoms with E-state index in [9.17, 15) is 14.7 Å². The monoisotopic (exact) mass is 238 g/mol. The molecule has 6 nitrogen and oxygen atoms in total. The number of amides is 1. The summed E-state index contributed by atoms with van der Waals surface area (Å²) in [5, 5.41) is 21.0. The van der Waals surface area contributed by atoms with Gasteiger partial charge in [0.15, 0.2) is 0 Å². The molecule has 0 bridgehead atoms. The average Bonchev–Trinajstić information content (AvgIpc) is 2.34. The number of benzene rings is 1. The second kappa shape index (κ2) is 6.49. The van der Waals surface area contributed by atoms with Crippen LogP contribution in [0.3, 0.4) is 0 Å². The molecule has 0 aliphatic heterocycles. The van der Waals surface area contributed by atoms with Gasteiger partial charge < -0.3 is 25.1 Å². The van der Waals surface area contributed by atoms with Crippen LogP contribution in [-0.4, -0.2) is 29.8 Å². The zero-order valence-electron chi connectivity index (χ0n) is 8.96. The van der Waals surface area contributed by atoms with Crippen molar-refractivity contribution in [3.63, 3.8) is 0 Å². The largest absolute Gasteiger partial charge is 0.548 e. The molecule has 0 unspecified atom stereocenters. The van der Waals surface area contributed by atoms with Crippen LogP contribution in [0.5, 0.6) is 0 Å². The van der Waals surface area contributed by atoms with Crippen LogP contribution in [0.15, 0.2) is 30.3 Å². The van der Waals surface area contributed by atoms with Crippen LogP contribution in [0.2, 0.25) is 0 Å². The minimum atomic E-state index is -1.57. The molecule has 1 rings (SSSR count).